The third-order valence-electron chi connectivity index (χ3n) is 5.50. The number of aromatic nitrogens is 2. The van der Waals surface area contributed by atoms with Gasteiger partial charge in [-0.25, -0.2) is 4.68 Å². The van der Waals surface area contributed by atoms with E-state index in [1.165, 1.54) is 0 Å². The van der Waals surface area contributed by atoms with Gasteiger partial charge in [-0.05, 0) is 68.7 Å². The van der Waals surface area contributed by atoms with Crippen LogP contribution in [0.4, 0.5) is 5.69 Å². The van der Waals surface area contributed by atoms with Crippen LogP contribution in [0.2, 0.25) is 0 Å². The Labute approximate surface area is 195 Å². The predicted octanol–water partition coefficient (Wildman–Crippen LogP) is 6.42. The second-order valence-electron chi connectivity index (χ2n) is 8.16. The summed E-state index contributed by atoms with van der Waals surface area (Å²) >= 11 is 0. The molecule has 1 aromatic heterocycles. The molecule has 4 aromatic rings. The number of aryl methyl sites for hydroxylation is 3. The number of hydrogen-bond acceptors (Lipinski definition) is 3. The molecule has 5 nitrogen and oxygen atoms in total. The molecule has 1 amide bonds. The quantitative estimate of drug-likeness (QED) is 0.345. The Morgan fingerprint density at radius 3 is 2.39 bits per heavy atom. The molecule has 0 atom stereocenters. The molecule has 0 aliphatic carbocycles. The topological polar surface area (TPSA) is 56.2 Å². The zero-order valence-electron chi connectivity index (χ0n) is 19.3. The van der Waals surface area contributed by atoms with Gasteiger partial charge < -0.3 is 10.1 Å². The number of hydrogen-bond donors (Lipinski definition) is 1. The minimum absolute atomic E-state index is 0.0325. The number of amides is 1. The van der Waals surface area contributed by atoms with E-state index in [9.17, 15) is 4.79 Å². The van der Waals surface area contributed by atoms with E-state index < -0.39 is 0 Å². The largest absolute Gasteiger partial charge is 0.439 e. The summed E-state index contributed by atoms with van der Waals surface area (Å²) in [7, 11) is 0. The average molecular weight is 440 g/mol. The van der Waals surface area contributed by atoms with E-state index >= 15 is 0 Å². The van der Waals surface area contributed by atoms with Crippen molar-refractivity contribution in [3.8, 4) is 17.3 Å². The number of carbonyl (C=O) groups excluding carboxylic acids is 1. The Morgan fingerprint density at radius 2 is 1.70 bits per heavy atom. The third-order valence-corrected chi connectivity index (χ3v) is 5.50. The third kappa shape index (κ3) is 5.50. The molecule has 33 heavy (non-hydrogen) atoms. The fourth-order valence-electron chi connectivity index (χ4n) is 3.75. The van der Waals surface area contributed by atoms with E-state index in [0.29, 0.717) is 18.7 Å². The van der Waals surface area contributed by atoms with Crippen LogP contribution in [-0.2, 0) is 17.6 Å². The highest BCUT2D eigenvalue weighted by Gasteiger charge is 2.21. The van der Waals surface area contributed by atoms with Crippen LogP contribution >= 0.6 is 0 Å². The van der Waals surface area contributed by atoms with Crippen molar-refractivity contribution in [2.45, 2.75) is 40.0 Å². The monoisotopic (exact) mass is 439 g/mol. The molecule has 3 aromatic carbocycles. The number of benzene rings is 3. The molecular weight excluding hydrogens is 410 g/mol. The predicted molar refractivity (Wildman–Crippen MR) is 132 cm³/mol. The maximum atomic E-state index is 12.7. The number of anilines is 1. The van der Waals surface area contributed by atoms with Crippen molar-refractivity contribution < 1.29 is 9.53 Å². The highest BCUT2D eigenvalue weighted by Crippen LogP contribution is 2.32. The zero-order valence-corrected chi connectivity index (χ0v) is 19.3. The van der Waals surface area contributed by atoms with Gasteiger partial charge in [0.2, 0.25) is 11.8 Å². The number of nitrogens with zero attached hydrogens (tertiary/aromatic N) is 2. The van der Waals surface area contributed by atoms with Gasteiger partial charge in [0.25, 0.3) is 0 Å². The molecule has 5 heteroatoms. The molecule has 1 heterocycles. The van der Waals surface area contributed by atoms with Crippen LogP contribution in [0.1, 0.15) is 35.7 Å². The maximum Gasteiger partial charge on any atom is 0.226 e. The lowest BCUT2D eigenvalue weighted by Gasteiger charge is -2.12. The summed E-state index contributed by atoms with van der Waals surface area (Å²) < 4.78 is 8.23. The van der Waals surface area contributed by atoms with Crippen molar-refractivity contribution in [1.82, 2.24) is 9.78 Å². The van der Waals surface area contributed by atoms with Gasteiger partial charge in [-0.2, -0.15) is 5.10 Å². The van der Waals surface area contributed by atoms with Crippen LogP contribution in [-0.4, -0.2) is 15.7 Å². The molecule has 0 unspecified atom stereocenters. The summed E-state index contributed by atoms with van der Waals surface area (Å²) in [6.07, 6.45) is 1.62. The van der Waals surface area contributed by atoms with Crippen molar-refractivity contribution in [3.63, 3.8) is 0 Å². The molecule has 0 aliphatic heterocycles. The van der Waals surface area contributed by atoms with Gasteiger partial charge in [-0.1, -0.05) is 55.0 Å². The minimum Gasteiger partial charge on any atom is -0.439 e. The smallest absolute Gasteiger partial charge is 0.226 e. The van der Waals surface area contributed by atoms with Crippen molar-refractivity contribution >= 4 is 11.6 Å². The number of para-hydroxylation sites is 1. The molecule has 168 valence electrons. The first-order valence-corrected chi connectivity index (χ1v) is 11.3. The molecule has 0 bridgehead atoms. The number of carbonyl (C=O) groups is 1. The number of ether oxygens (including phenoxy) is 1. The molecule has 1 N–H and O–H groups in total. The molecular formula is C28H29N3O2. The van der Waals surface area contributed by atoms with E-state index in [1.54, 1.807) is 0 Å². The van der Waals surface area contributed by atoms with Gasteiger partial charge in [-0.3, -0.25) is 4.79 Å². The van der Waals surface area contributed by atoms with E-state index in [4.69, 9.17) is 9.84 Å². The normalized spacial score (nSPS) is 10.8. The summed E-state index contributed by atoms with van der Waals surface area (Å²) in [6, 6.07) is 25.7. The van der Waals surface area contributed by atoms with E-state index in [-0.39, 0.29) is 5.91 Å². The second-order valence-corrected chi connectivity index (χ2v) is 8.16. The molecule has 4 rings (SSSR count). The van der Waals surface area contributed by atoms with Crippen LogP contribution in [0.25, 0.3) is 5.69 Å². The second kappa shape index (κ2) is 10.2. The first kappa shape index (κ1) is 22.3. The summed E-state index contributed by atoms with van der Waals surface area (Å²) in [5.41, 5.74) is 5.90. The molecule has 0 aliphatic rings. The van der Waals surface area contributed by atoms with Gasteiger partial charge in [0, 0.05) is 17.7 Å². The van der Waals surface area contributed by atoms with Gasteiger partial charge >= 0.3 is 0 Å². The van der Waals surface area contributed by atoms with Crippen molar-refractivity contribution in [1.29, 1.82) is 0 Å². The first-order valence-electron chi connectivity index (χ1n) is 11.3. The minimum atomic E-state index is -0.0325. The number of rotatable bonds is 8. The molecule has 0 radical (unpaired) electrons. The maximum absolute atomic E-state index is 12.7. The Kier molecular flexibility index (Phi) is 6.89. The van der Waals surface area contributed by atoms with Gasteiger partial charge in [-0.15, -0.1) is 0 Å². The van der Waals surface area contributed by atoms with Crippen LogP contribution in [0.15, 0.2) is 78.9 Å². The Hall–Kier alpha value is -3.86. The summed E-state index contributed by atoms with van der Waals surface area (Å²) in [6.45, 7) is 6.14. The van der Waals surface area contributed by atoms with Crippen molar-refractivity contribution in [2.75, 3.05) is 5.32 Å². The van der Waals surface area contributed by atoms with Crippen molar-refractivity contribution in [3.05, 3.63) is 101 Å². The first-order chi connectivity index (χ1) is 16.0. The molecule has 0 spiro atoms. The zero-order chi connectivity index (χ0) is 23.2. The van der Waals surface area contributed by atoms with E-state index in [2.05, 4.69) is 12.2 Å². The van der Waals surface area contributed by atoms with Gasteiger partial charge in [0.1, 0.15) is 5.75 Å². The molecule has 0 fully saturated rings. The standard InChI is InChI=1S/C28H29N3O2/c1-4-26-25(17-18-27(32)29-22-15-13-20(2)14-16-22)28(33-24-12-8-9-21(3)19-24)31(30-26)23-10-6-5-7-11-23/h5-16,19H,4,17-18H2,1-3H3,(H,29,32). The van der Waals surface area contributed by atoms with Gasteiger partial charge in [0.05, 0.1) is 11.4 Å². The summed E-state index contributed by atoms with van der Waals surface area (Å²) in [5.74, 6) is 1.38. The lowest BCUT2D eigenvalue weighted by atomic mass is 10.1. The van der Waals surface area contributed by atoms with Crippen LogP contribution in [0.5, 0.6) is 11.6 Å². The van der Waals surface area contributed by atoms with Crippen LogP contribution < -0.4 is 10.1 Å². The van der Waals surface area contributed by atoms with Crippen LogP contribution in [0, 0.1) is 13.8 Å². The summed E-state index contributed by atoms with van der Waals surface area (Å²) in [4.78, 5) is 12.7. The van der Waals surface area contributed by atoms with Crippen LogP contribution in [0.3, 0.4) is 0 Å². The Balaban J connectivity index is 1.63. The lowest BCUT2D eigenvalue weighted by Crippen LogP contribution is -2.12. The molecule has 0 saturated carbocycles. The highest BCUT2D eigenvalue weighted by molar-refractivity contribution is 5.90. The van der Waals surface area contributed by atoms with Gasteiger partial charge in [0.15, 0.2) is 0 Å². The van der Waals surface area contributed by atoms with E-state index in [0.717, 1.165) is 45.9 Å². The number of nitrogens with one attached hydrogen (secondary N) is 1. The fourth-order valence-corrected chi connectivity index (χ4v) is 3.75. The Morgan fingerprint density at radius 1 is 0.939 bits per heavy atom. The summed E-state index contributed by atoms with van der Waals surface area (Å²) in [5, 5.41) is 7.83. The molecule has 0 saturated heterocycles. The average Bonchev–Trinajstić information content (AvgIpc) is 3.17. The van der Waals surface area contributed by atoms with Crippen molar-refractivity contribution in [2.24, 2.45) is 0 Å². The Bertz CT molecular complexity index is 1230. The lowest BCUT2D eigenvalue weighted by molar-refractivity contribution is -0.116. The van der Waals surface area contributed by atoms with E-state index in [1.807, 2.05) is 97.4 Å². The highest BCUT2D eigenvalue weighted by atomic mass is 16.5. The fraction of sp³-hybridized carbons (Fsp3) is 0.214. The SMILES string of the molecule is CCc1nn(-c2ccccc2)c(Oc2cccc(C)c2)c1CCC(=O)Nc1ccc(C)cc1.